The van der Waals surface area contributed by atoms with Gasteiger partial charge in [0, 0.05) is 0 Å². The number of ether oxygens (including phenoxy) is 2. The molecule has 0 saturated heterocycles. The van der Waals surface area contributed by atoms with Gasteiger partial charge in [0.05, 0.1) is 13.2 Å². The van der Waals surface area contributed by atoms with Gasteiger partial charge in [0.25, 0.3) is 0 Å². The quantitative estimate of drug-likeness (QED) is 0.232. The van der Waals surface area contributed by atoms with Crippen molar-refractivity contribution in [2.24, 2.45) is 0 Å². The SMILES string of the molecule is CC(C)(C)c1ccc(CCCCCOC(=O)OCCCCCc2ccc(C(C)(C)C)cc2)cc1. The van der Waals surface area contributed by atoms with Crippen molar-refractivity contribution in [3.63, 3.8) is 0 Å². The lowest BCUT2D eigenvalue weighted by Crippen LogP contribution is -2.10. The summed E-state index contributed by atoms with van der Waals surface area (Å²) < 4.78 is 10.4. The highest BCUT2D eigenvalue weighted by Gasteiger charge is 2.13. The average molecular weight is 467 g/mol. The number of carbonyl (C=O) groups excluding carboxylic acids is 1. The molecule has 0 unspecified atom stereocenters. The molecule has 0 bridgehead atoms. The van der Waals surface area contributed by atoms with E-state index in [0.717, 1.165) is 51.4 Å². The third-order valence-corrected chi connectivity index (χ3v) is 6.30. The van der Waals surface area contributed by atoms with E-state index in [1.54, 1.807) is 0 Å². The van der Waals surface area contributed by atoms with Crippen LogP contribution in [0, 0.1) is 0 Å². The molecule has 0 radical (unpaired) electrons. The highest BCUT2D eigenvalue weighted by Crippen LogP contribution is 2.23. The van der Waals surface area contributed by atoms with Crippen LogP contribution in [0.3, 0.4) is 0 Å². The summed E-state index contributed by atoms with van der Waals surface area (Å²) in [7, 11) is 0. The molecule has 34 heavy (non-hydrogen) atoms. The van der Waals surface area contributed by atoms with Crippen LogP contribution < -0.4 is 0 Å². The second kappa shape index (κ2) is 13.6. The van der Waals surface area contributed by atoms with Crippen LogP contribution in [-0.2, 0) is 33.1 Å². The van der Waals surface area contributed by atoms with Gasteiger partial charge in [0.15, 0.2) is 0 Å². The molecule has 0 spiro atoms. The third kappa shape index (κ3) is 10.8. The number of rotatable bonds is 12. The second-order valence-corrected chi connectivity index (χ2v) is 11.5. The van der Waals surface area contributed by atoms with Crippen molar-refractivity contribution in [3.05, 3.63) is 70.8 Å². The first kappa shape index (κ1) is 28.0. The first-order valence-corrected chi connectivity index (χ1v) is 13.0. The number of carbonyl (C=O) groups is 1. The van der Waals surface area contributed by atoms with Crippen molar-refractivity contribution >= 4 is 6.16 Å². The van der Waals surface area contributed by atoms with Gasteiger partial charge in [-0.15, -0.1) is 0 Å². The molecular weight excluding hydrogens is 420 g/mol. The lowest BCUT2D eigenvalue weighted by molar-refractivity contribution is 0.0529. The molecule has 0 amide bonds. The lowest BCUT2D eigenvalue weighted by atomic mass is 9.86. The zero-order valence-electron chi connectivity index (χ0n) is 22.4. The molecular formula is C31H46O3. The fourth-order valence-corrected chi connectivity index (χ4v) is 3.91. The Labute approximate surface area is 208 Å². The van der Waals surface area contributed by atoms with Crippen LogP contribution in [0.15, 0.2) is 48.5 Å². The number of hydrogen-bond acceptors (Lipinski definition) is 3. The Kier molecular flexibility index (Phi) is 11.1. The Morgan fingerprint density at radius 3 is 1.24 bits per heavy atom. The second-order valence-electron chi connectivity index (χ2n) is 11.5. The van der Waals surface area contributed by atoms with Gasteiger partial charge < -0.3 is 9.47 Å². The lowest BCUT2D eigenvalue weighted by Gasteiger charge is -2.19. The number of hydrogen-bond donors (Lipinski definition) is 0. The normalized spacial score (nSPS) is 11.9. The predicted molar refractivity (Wildman–Crippen MR) is 143 cm³/mol. The summed E-state index contributed by atoms with van der Waals surface area (Å²) in [6, 6.07) is 17.9. The minimum absolute atomic E-state index is 0.198. The van der Waals surface area contributed by atoms with Crippen molar-refractivity contribution in [2.45, 2.75) is 104 Å². The van der Waals surface area contributed by atoms with Gasteiger partial charge in [0.1, 0.15) is 0 Å². The van der Waals surface area contributed by atoms with Crippen LogP contribution in [0.5, 0.6) is 0 Å². The molecule has 3 nitrogen and oxygen atoms in total. The summed E-state index contributed by atoms with van der Waals surface area (Å²) in [5, 5.41) is 0. The van der Waals surface area contributed by atoms with E-state index in [4.69, 9.17) is 9.47 Å². The van der Waals surface area contributed by atoms with Crippen molar-refractivity contribution in [3.8, 4) is 0 Å². The Morgan fingerprint density at radius 2 is 0.912 bits per heavy atom. The molecule has 0 aliphatic heterocycles. The largest absolute Gasteiger partial charge is 0.508 e. The molecule has 0 aliphatic rings. The minimum Gasteiger partial charge on any atom is -0.434 e. The van der Waals surface area contributed by atoms with E-state index in [2.05, 4.69) is 90.1 Å². The first-order valence-electron chi connectivity index (χ1n) is 13.0. The van der Waals surface area contributed by atoms with Crippen LogP contribution in [0.1, 0.15) is 102 Å². The van der Waals surface area contributed by atoms with E-state index in [0.29, 0.717) is 13.2 Å². The van der Waals surface area contributed by atoms with Crippen LogP contribution in [0.4, 0.5) is 4.79 Å². The standard InChI is InChI=1S/C31H46O3/c1-30(2,3)27-19-15-25(16-20-27)13-9-7-11-23-33-29(32)34-24-12-8-10-14-26-17-21-28(22-18-26)31(4,5)6/h15-22H,7-14,23-24H2,1-6H3. The van der Waals surface area contributed by atoms with Crippen LogP contribution in [-0.4, -0.2) is 19.4 Å². The fraction of sp³-hybridized carbons (Fsp3) is 0.581. The number of unbranched alkanes of at least 4 members (excludes halogenated alkanes) is 4. The van der Waals surface area contributed by atoms with E-state index in [1.807, 2.05) is 0 Å². The number of aryl methyl sites for hydroxylation is 2. The average Bonchev–Trinajstić information content (AvgIpc) is 2.78. The highest BCUT2D eigenvalue weighted by molar-refractivity contribution is 5.59. The molecule has 3 heteroatoms. The Balaban J connectivity index is 1.45. The summed E-state index contributed by atoms with van der Waals surface area (Å²) in [6.07, 6.45) is 7.65. The molecule has 0 atom stereocenters. The van der Waals surface area contributed by atoms with Crippen molar-refractivity contribution in [1.82, 2.24) is 0 Å². The monoisotopic (exact) mass is 466 g/mol. The van der Waals surface area contributed by atoms with E-state index >= 15 is 0 Å². The molecule has 2 rings (SSSR count). The van der Waals surface area contributed by atoms with Gasteiger partial charge in [-0.05, 0) is 84.5 Å². The van der Waals surface area contributed by atoms with Gasteiger partial charge in [-0.2, -0.15) is 0 Å². The molecule has 0 aromatic heterocycles. The molecule has 0 N–H and O–H groups in total. The number of benzene rings is 2. The molecule has 188 valence electrons. The fourth-order valence-electron chi connectivity index (χ4n) is 3.91. The van der Waals surface area contributed by atoms with Crippen LogP contribution >= 0.6 is 0 Å². The maximum Gasteiger partial charge on any atom is 0.508 e. The molecule has 2 aromatic rings. The molecule has 0 fully saturated rings. The summed E-state index contributed by atoms with van der Waals surface area (Å²) in [6.45, 7) is 14.3. The summed E-state index contributed by atoms with van der Waals surface area (Å²) in [4.78, 5) is 11.7. The Hall–Kier alpha value is -2.29. The van der Waals surface area contributed by atoms with Crippen LogP contribution in [0.25, 0.3) is 0 Å². The molecule has 0 aliphatic carbocycles. The zero-order valence-corrected chi connectivity index (χ0v) is 22.4. The van der Waals surface area contributed by atoms with Gasteiger partial charge in [-0.1, -0.05) is 90.1 Å². The van der Waals surface area contributed by atoms with E-state index in [1.165, 1.54) is 22.3 Å². The maximum atomic E-state index is 11.7. The Morgan fingerprint density at radius 1 is 0.559 bits per heavy atom. The minimum atomic E-state index is -0.532. The maximum absolute atomic E-state index is 11.7. The van der Waals surface area contributed by atoms with Gasteiger partial charge >= 0.3 is 6.16 Å². The summed E-state index contributed by atoms with van der Waals surface area (Å²) in [5.41, 5.74) is 5.88. The Bertz CT molecular complexity index is 765. The van der Waals surface area contributed by atoms with E-state index < -0.39 is 6.16 Å². The molecule has 0 saturated carbocycles. The van der Waals surface area contributed by atoms with E-state index in [9.17, 15) is 4.79 Å². The highest BCUT2D eigenvalue weighted by atomic mass is 16.7. The van der Waals surface area contributed by atoms with Crippen molar-refractivity contribution in [1.29, 1.82) is 0 Å². The molecule has 0 heterocycles. The van der Waals surface area contributed by atoms with Gasteiger partial charge in [-0.25, -0.2) is 4.79 Å². The third-order valence-electron chi connectivity index (χ3n) is 6.30. The van der Waals surface area contributed by atoms with Gasteiger partial charge in [0.2, 0.25) is 0 Å². The zero-order chi connectivity index (χ0) is 25.0. The predicted octanol–water partition coefficient (Wildman–Crippen LogP) is 8.56. The van der Waals surface area contributed by atoms with Crippen molar-refractivity contribution < 1.29 is 14.3 Å². The first-order chi connectivity index (χ1) is 16.1. The summed E-state index contributed by atoms with van der Waals surface area (Å²) >= 11 is 0. The van der Waals surface area contributed by atoms with E-state index in [-0.39, 0.29) is 10.8 Å². The smallest absolute Gasteiger partial charge is 0.434 e. The van der Waals surface area contributed by atoms with Gasteiger partial charge in [-0.3, -0.25) is 0 Å². The summed E-state index contributed by atoms with van der Waals surface area (Å²) in [5.74, 6) is 0. The molecule has 2 aromatic carbocycles. The van der Waals surface area contributed by atoms with Crippen molar-refractivity contribution in [2.75, 3.05) is 13.2 Å². The topological polar surface area (TPSA) is 35.5 Å². The van der Waals surface area contributed by atoms with Crippen LogP contribution in [0.2, 0.25) is 0 Å².